The average molecular weight is 200 g/mol. The lowest BCUT2D eigenvalue weighted by Gasteiger charge is -2.33. The van der Waals surface area contributed by atoms with Gasteiger partial charge >= 0.3 is 5.97 Å². The van der Waals surface area contributed by atoms with Gasteiger partial charge in [0.2, 0.25) is 0 Å². The first kappa shape index (κ1) is 11.5. The Bertz CT molecular complexity index is 179. The number of aliphatic carboxylic acids is 1. The van der Waals surface area contributed by atoms with Gasteiger partial charge in [-0.25, -0.2) is 0 Å². The molecule has 0 spiro atoms. The molecule has 4 nitrogen and oxygen atoms in total. The molecule has 2 N–H and O–H groups in total. The van der Waals surface area contributed by atoms with Crippen molar-refractivity contribution in [2.45, 2.75) is 32.2 Å². The minimum Gasteiger partial charge on any atom is -0.481 e. The van der Waals surface area contributed by atoms with Gasteiger partial charge in [0.15, 0.2) is 0 Å². The molecule has 1 aliphatic rings. The van der Waals surface area contributed by atoms with Crippen molar-refractivity contribution in [1.29, 1.82) is 0 Å². The summed E-state index contributed by atoms with van der Waals surface area (Å²) in [7, 11) is 0. The van der Waals surface area contributed by atoms with Gasteiger partial charge in [0.25, 0.3) is 0 Å². The third kappa shape index (κ3) is 3.64. The molecule has 1 fully saturated rings. The first-order valence-electron chi connectivity index (χ1n) is 5.40. The van der Waals surface area contributed by atoms with Gasteiger partial charge in [-0.2, -0.15) is 0 Å². The van der Waals surface area contributed by atoms with Gasteiger partial charge in [0.05, 0.1) is 6.42 Å². The molecule has 82 valence electrons. The first-order valence-corrected chi connectivity index (χ1v) is 5.40. The molecule has 0 aromatic carbocycles. The fraction of sp³-hybridized carbons (Fsp3) is 0.900. The van der Waals surface area contributed by atoms with Gasteiger partial charge in [-0.1, -0.05) is 6.92 Å². The predicted molar refractivity (Wildman–Crippen MR) is 55.4 cm³/mol. The molecule has 0 amide bonds. The van der Waals surface area contributed by atoms with Crippen LogP contribution in [-0.4, -0.2) is 48.2 Å². The van der Waals surface area contributed by atoms with Crippen LogP contribution in [0.15, 0.2) is 0 Å². The Balaban J connectivity index is 2.31. The van der Waals surface area contributed by atoms with Crippen LogP contribution in [0.5, 0.6) is 0 Å². The van der Waals surface area contributed by atoms with Crippen LogP contribution in [0.1, 0.15) is 26.2 Å². The molecule has 1 aliphatic heterocycles. The smallest absolute Gasteiger partial charge is 0.304 e. The lowest BCUT2D eigenvalue weighted by Crippen LogP contribution is -2.43. The van der Waals surface area contributed by atoms with Crippen molar-refractivity contribution in [2.24, 2.45) is 0 Å². The first-order chi connectivity index (χ1) is 6.74. The number of carboxylic acid groups (broad SMARTS) is 1. The van der Waals surface area contributed by atoms with E-state index in [1.165, 1.54) is 0 Å². The number of carboxylic acids is 1. The van der Waals surface area contributed by atoms with E-state index in [9.17, 15) is 4.79 Å². The number of piperidine rings is 1. The van der Waals surface area contributed by atoms with E-state index in [2.05, 4.69) is 17.1 Å². The molecule has 1 saturated heterocycles. The highest BCUT2D eigenvalue weighted by Crippen LogP contribution is 2.11. The lowest BCUT2D eigenvalue weighted by atomic mass is 10.0. The molecule has 0 saturated carbocycles. The largest absolute Gasteiger partial charge is 0.481 e. The van der Waals surface area contributed by atoms with E-state index >= 15 is 0 Å². The molecule has 1 heterocycles. The topological polar surface area (TPSA) is 52.6 Å². The number of hydrogen-bond donors (Lipinski definition) is 2. The number of rotatable bonds is 5. The van der Waals surface area contributed by atoms with Crippen LogP contribution in [0.3, 0.4) is 0 Å². The van der Waals surface area contributed by atoms with Crippen LogP contribution in [-0.2, 0) is 4.79 Å². The van der Waals surface area contributed by atoms with E-state index < -0.39 is 5.97 Å². The highest BCUT2D eigenvalue weighted by atomic mass is 16.4. The average Bonchev–Trinajstić information content (AvgIpc) is 2.20. The molecule has 0 aromatic heterocycles. The Labute approximate surface area is 85.3 Å². The van der Waals surface area contributed by atoms with E-state index in [1.807, 2.05) is 0 Å². The fourth-order valence-corrected chi connectivity index (χ4v) is 2.01. The molecule has 0 aliphatic carbocycles. The number of carbonyl (C=O) groups is 1. The van der Waals surface area contributed by atoms with Crippen molar-refractivity contribution in [2.75, 3.05) is 26.2 Å². The highest BCUT2D eigenvalue weighted by molar-refractivity contribution is 5.66. The summed E-state index contributed by atoms with van der Waals surface area (Å²) in [5.41, 5.74) is 0. The van der Waals surface area contributed by atoms with Crippen LogP contribution in [0.4, 0.5) is 0 Å². The summed E-state index contributed by atoms with van der Waals surface area (Å²) in [6, 6.07) is 0.584. The van der Waals surface area contributed by atoms with Gasteiger partial charge in [-0.05, 0) is 32.5 Å². The monoisotopic (exact) mass is 200 g/mol. The summed E-state index contributed by atoms with van der Waals surface area (Å²) < 4.78 is 0. The Morgan fingerprint density at radius 1 is 1.50 bits per heavy atom. The fourth-order valence-electron chi connectivity index (χ4n) is 2.01. The Kier molecular flexibility index (Phi) is 4.90. The van der Waals surface area contributed by atoms with Gasteiger partial charge in [-0.15, -0.1) is 0 Å². The molecular formula is C10H20N2O2. The molecule has 0 bridgehead atoms. The molecular weight excluding hydrogens is 180 g/mol. The minimum absolute atomic E-state index is 0.262. The van der Waals surface area contributed by atoms with Crippen LogP contribution in [0.25, 0.3) is 0 Å². The van der Waals surface area contributed by atoms with E-state index in [0.717, 1.165) is 32.5 Å². The predicted octanol–water partition coefficient (Wildman–Crippen LogP) is 0.535. The summed E-state index contributed by atoms with van der Waals surface area (Å²) in [5, 5.41) is 11.9. The van der Waals surface area contributed by atoms with Crippen LogP contribution in [0, 0.1) is 0 Å². The standard InChI is InChI=1S/C10H20N2O2/c1-2-12(8-5-10(13)14)9-3-6-11-7-4-9/h9,11H,2-8H2,1H3,(H,13,14). The Hall–Kier alpha value is -0.610. The van der Waals surface area contributed by atoms with Gasteiger partial charge in [0.1, 0.15) is 0 Å². The van der Waals surface area contributed by atoms with Crippen molar-refractivity contribution in [3.63, 3.8) is 0 Å². The molecule has 0 aromatic rings. The van der Waals surface area contributed by atoms with Crippen molar-refractivity contribution in [3.05, 3.63) is 0 Å². The summed E-state index contributed by atoms with van der Waals surface area (Å²) in [5.74, 6) is -0.697. The second-order valence-corrected chi connectivity index (χ2v) is 3.75. The zero-order chi connectivity index (χ0) is 10.4. The van der Waals surface area contributed by atoms with Gasteiger partial charge < -0.3 is 10.4 Å². The maximum absolute atomic E-state index is 10.5. The third-order valence-electron chi connectivity index (χ3n) is 2.84. The third-order valence-corrected chi connectivity index (χ3v) is 2.84. The molecule has 1 rings (SSSR count). The van der Waals surface area contributed by atoms with Gasteiger partial charge in [-0.3, -0.25) is 9.69 Å². The van der Waals surface area contributed by atoms with Crippen LogP contribution in [0.2, 0.25) is 0 Å². The normalized spacial score (nSPS) is 18.7. The Morgan fingerprint density at radius 2 is 2.14 bits per heavy atom. The summed E-state index contributed by atoms with van der Waals surface area (Å²) >= 11 is 0. The van der Waals surface area contributed by atoms with E-state index in [-0.39, 0.29) is 6.42 Å². The molecule has 0 radical (unpaired) electrons. The number of nitrogens with zero attached hydrogens (tertiary/aromatic N) is 1. The summed E-state index contributed by atoms with van der Waals surface area (Å²) in [6.07, 6.45) is 2.55. The van der Waals surface area contributed by atoms with E-state index in [1.54, 1.807) is 0 Å². The van der Waals surface area contributed by atoms with Crippen molar-refractivity contribution in [1.82, 2.24) is 10.2 Å². The molecule has 14 heavy (non-hydrogen) atoms. The van der Waals surface area contributed by atoms with Gasteiger partial charge in [0, 0.05) is 12.6 Å². The number of hydrogen-bond acceptors (Lipinski definition) is 3. The molecule has 0 unspecified atom stereocenters. The zero-order valence-electron chi connectivity index (χ0n) is 8.83. The van der Waals surface area contributed by atoms with E-state index in [4.69, 9.17) is 5.11 Å². The molecule has 0 atom stereocenters. The second kappa shape index (κ2) is 5.98. The van der Waals surface area contributed by atoms with Crippen molar-refractivity contribution < 1.29 is 9.90 Å². The quantitative estimate of drug-likeness (QED) is 0.680. The minimum atomic E-state index is -0.697. The van der Waals surface area contributed by atoms with Crippen molar-refractivity contribution >= 4 is 5.97 Å². The second-order valence-electron chi connectivity index (χ2n) is 3.75. The SMILES string of the molecule is CCN(CCC(=O)O)C1CCNCC1. The number of nitrogens with one attached hydrogen (secondary N) is 1. The van der Waals surface area contributed by atoms with Crippen LogP contribution >= 0.6 is 0 Å². The lowest BCUT2D eigenvalue weighted by molar-refractivity contribution is -0.137. The molecule has 4 heteroatoms. The van der Waals surface area contributed by atoms with E-state index in [0.29, 0.717) is 12.6 Å². The zero-order valence-corrected chi connectivity index (χ0v) is 8.83. The summed E-state index contributed by atoms with van der Waals surface area (Å²) in [6.45, 7) is 5.88. The maximum atomic E-state index is 10.5. The maximum Gasteiger partial charge on any atom is 0.304 e. The van der Waals surface area contributed by atoms with Crippen LogP contribution < -0.4 is 5.32 Å². The Morgan fingerprint density at radius 3 is 2.64 bits per heavy atom. The summed E-state index contributed by atoms with van der Waals surface area (Å²) in [4.78, 5) is 12.8. The van der Waals surface area contributed by atoms with Crippen molar-refractivity contribution in [3.8, 4) is 0 Å². The highest BCUT2D eigenvalue weighted by Gasteiger charge is 2.19.